The molecular weight excluding hydrogens is 276 g/mol. The maximum absolute atomic E-state index is 10.6. The van der Waals surface area contributed by atoms with Crippen LogP contribution in [0.25, 0.3) is 0 Å². The van der Waals surface area contributed by atoms with Crippen LogP contribution < -0.4 is 0 Å². The zero-order valence-corrected chi connectivity index (χ0v) is 14.9. The minimum absolute atomic E-state index is 0.0916. The first-order valence-electron chi connectivity index (χ1n) is 7.86. The first-order chi connectivity index (χ1) is 10.0. The number of hydrogen-bond donors (Lipinski definition) is 3. The maximum Gasteiger partial charge on any atom is 0.125 e. The van der Waals surface area contributed by atoms with Crippen LogP contribution >= 0.6 is 0 Å². The predicted octanol–water partition coefficient (Wildman–Crippen LogP) is 4.48. The fourth-order valence-corrected chi connectivity index (χ4v) is 3.42. The standard InChI is InChI=1S/C19H30O3/c1-11(2)8-12(3)9-19(6,7)16-14(5)17(21)13(4)15(10-20)18(16)22/h9,11,20-22H,8,10H2,1-7H3/b12-9+. The van der Waals surface area contributed by atoms with Gasteiger partial charge in [-0.05, 0) is 38.7 Å². The van der Waals surface area contributed by atoms with E-state index in [1.54, 1.807) is 6.92 Å². The van der Waals surface area contributed by atoms with E-state index in [-0.39, 0.29) is 18.1 Å². The van der Waals surface area contributed by atoms with Gasteiger partial charge in [-0.1, -0.05) is 39.3 Å². The van der Waals surface area contributed by atoms with Gasteiger partial charge in [0, 0.05) is 22.1 Å². The second-order valence-corrected chi connectivity index (χ2v) is 7.27. The van der Waals surface area contributed by atoms with Gasteiger partial charge in [0.05, 0.1) is 6.61 Å². The molecule has 0 amide bonds. The van der Waals surface area contributed by atoms with Crippen molar-refractivity contribution in [1.82, 2.24) is 0 Å². The Bertz CT molecular complexity index is 581. The Morgan fingerprint density at radius 3 is 2.09 bits per heavy atom. The second kappa shape index (κ2) is 6.74. The molecule has 3 nitrogen and oxygen atoms in total. The molecule has 3 heteroatoms. The van der Waals surface area contributed by atoms with Crippen molar-refractivity contribution in [2.24, 2.45) is 5.92 Å². The molecule has 0 atom stereocenters. The van der Waals surface area contributed by atoms with Gasteiger partial charge in [-0.15, -0.1) is 0 Å². The van der Waals surface area contributed by atoms with Crippen LogP contribution in [0, 0.1) is 19.8 Å². The molecule has 0 saturated heterocycles. The lowest BCUT2D eigenvalue weighted by atomic mass is 9.77. The SMILES string of the molecule is C/C(=C\C(C)(C)c1c(C)c(O)c(C)c(CO)c1O)CC(C)C. The van der Waals surface area contributed by atoms with Gasteiger partial charge in [-0.25, -0.2) is 0 Å². The van der Waals surface area contributed by atoms with Gasteiger partial charge in [0.15, 0.2) is 0 Å². The summed E-state index contributed by atoms with van der Waals surface area (Å²) in [4.78, 5) is 0. The van der Waals surface area contributed by atoms with E-state index in [4.69, 9.17) is 0 Å². The number of aromatic hydroxyl groups is 2. The van der Waals surface area contributed by atoms with Gasteiger partial charge >= 0.3 is 0 Å². The van der Waals surface area contributed by atoms with E-state index in [2.05, 4.69) is 26.8 Å². The lowest BCUT2D eigenvalue weighted by Gasteiger charge is -2.28. The highest BCUT2D eigenvalue weighted by Gasteiger charge is 2.29. The second-order valence-electron chi connectivity index (χ2n) is 7.27. The van der Waals surface area contributed by atoms with Crippen molar-refractivity contribution in [3.05, 3.63) is 33.9 Å². The highest BCUT2D eigenvalue weighted by molar-refractivity contribution is 5.60. The van der Waals surface area contributed by atoms with Gasteiger partial charge < -0.3 is 15.3 Å². The Hall–Kier alpha value is -1.48. The van der Waals surface area contributed by atoms with Crippen LogP contribution in [0.15, 0.2) is 11.6 Å². The average Bonchev–Trinajstić information content (AvgIpc) is 2.34. The predicted molar refractivity (Wildman–Crippen MR) is 91.4 cm³/mol. The summed E-state index contributed by atoms with van der Waals surface area (Å²) in [6, 6.07) is 0. The molecule has 0 heterocycles. The Labute approximate surface area is 134 Å². The summed E-state index contributed by atoms with van der Waals surface area (Å²) in [5, 5.41) is 30.4. The van der Waals surface area contributed by atoms with Crippen LogP contribution in [-0.4, -0.2) is 15.3 Å². The fraction of sp³-hybridized carbons (Fsp3) is 0.579. The Morgan fingerprint density at radius 1 is 1.09 bits per heavy atom. The number of rotatable bonds is 5. The molecular formula is C19H30O3. The molecule has 0 aliphatic heterocycles. The zero-order chi connectivity index (χ0) is 17.2. The number of benzene rings is 1. The maximum atomic E-state index is 10.6. The topological polar surface area (TPSA) is 60.7 Å². The van der Waals surface area contributed by atoms with Crippen LogP contribution in [0.2, 0.25) is 0 Å². The molecule has 0 fully saturated rings. The molecule has 0 aromatic heterocycles. The highest BCUT2D eigenvalue weighted by Crippen LogP contribution is 2.44. The van der Waals surface area contributed by atoms with Crippen LogP contribution in [0.1, 0.15) is 63.3 Å². The van der Waals surface area contributed by atoms with Crippen molar-refractivity contribution in [1.29, 1.82) is 0 Å². The van der Waals surface area contributed by atoms with E-state index in [0.717, 1.165) is 6.42 Å². The Balaban J connectivity index is 3.51. The summed E-state index contributed by atoms with van der Waals surface area (Å²) >= 11 is 0. The minimum Gasteiger partial charge on any atom is -0.507 e. The molecule has 0 bridgehead atoms. The van der Waals surface area contributed by atoms with E-state index >= 15 is 0 Å². The first-order valence-corrected chi connectivity index (χ1v) is 7.86. The number of aliphatic hydroxyl groups is 1. The van der Waals surface area contributed by atoms with E-state index in [9.17, 15) is 15.3 Å². The van der Waals surface area contributed by atoms with Crippen LogP contribution in [0.4, 0.5) is 0 Å². The molecule has 0 aliphatic carbocycles. The molecule has 0 unspecified atom stereocenters. The molecule has 124 valence electrons. The smallest absolute Gasteiger partial charge is 0.125 e. The highest BCUT2D eigenvalue weighted by atomic mass is 16.3. The molecule has 1 aromatic carbocycles. The number of allylic oxidation sites excluding steroid dienone is 2. The van der Waals surface area contributed by atoms with Crippen molar-refractivity contribution in [2.75, 3.05) is 0 Å². The van der Waals surface area contributed by atoms with Gasteiger partial charge in [-0.2, -0.15) is 0 Å². The summed E-state index contributed by atoms with van der Waals surface area (Å²) < 4.78 is 0. The lowest BCUT2D eigenvalue weighted by Crippen LogP contribution is -2.18. The third-order valence-electron chi connectivity index (χ3n) is 4.20. The largest absolute Gasteiger partial charge is 0.507 e. The van der Waals surface area contributed by atoms with E-state index in [1.165, 1.54) is 5.57 Å². The van der Waals surface area contributed by atoms with Crippen LogP contribution in [0.5, 0.6) is 11.5 Å². The normalized spacial score (nSPS) is 13.0. The van der Waals surface area contributed by atoms with Crippen LogP contribution in [0.3, 0.4) is 0 Å². The summed E-state index contributed by atoms with van der Waals surface area (Å²) in [6.45, 7) is 13.7. The van der Waals surface area contributed by atoms with Gasteiger partial charge in [0.2, 0.25) is 0 Å². The van der Waals surface area contributed by atoms with E-state index in [0.29, 0.717) is 28.2 Å². The monoisotopic (exact) mass is 306 g/mol. The molecule has 22 heavy (non-hydrogen) atoms. The van der Waals surface area contributed by atoms with E-state index < -0.39 is 5.41 Å². The summed E-state index contributed by atoms with van der Waals surface area (Å²) in [5.41, 5.74) is 3.13. The van der Waals surface area contributed by atoms with Crippen LogP contribution in [-0.2, 0) is 12.0 Å². The molecule has 0 aliphatic rings. The molecule has 3 N–H and O–H groups in total. The lowest BCUT2D eigenvalue weighted by molar-refractivity contribution is 0.272. The summed E-state index contributed by atoms with van der Waals surface area (Å²) in [6.07, 6.45) is 3.14. The number of phenolic OH excluding ortho intramolecular Hbond substituents is 1. The molecule has 0 radical (unpaired) electrons. The molecule has 0 saturated carbocycles. The third-order valence-corrected chi connectivity index (χ3v) is 4.20. The van der Waals surface area contributed by atoms with Crippen molar-refractivity contribution < 1.29 is 15.3 Å². The number of hydrogen-bond acceptors (Lipinski definition) is 3. The number of phenols is 2. The zero-order valence-electron chi connectivity index (χ0n) is 14.9. The first kappa shape index (κ1) is 18.6. The van der Waals surface area contributed by atoms with Crippen molar-refractivity contribution in [2.45, 2.75) is 66.9 Å². The molecule has 1 aromatic rings. The minimum atomic E-state index is -0.428. The van der Waals surface area contributed by atoms with Crippen molar-refractivity contribution in [3.8, 4) is 11.5 Å². The van der Waals surface area contributed by atoms with Gasteiger partial charge in [-0.3, -0.25) is 0 Å². The quantitative estimate of drug-likeness (QED) is 0.555. The Morgan fingerprint density at radius 2 is 1.64 bits per heavy atom. The summed E-state index contributed by atoms with van der Waals surface area (Å²) in [7, 11) is 0. The van der Waals surface area contributed by atoms with Crippen molar-refractivity contribution >= 4 is 0 Å². The van der Waals surface area contributed by atoms with Crippen molar-refractivity contribution in [3.63, 3.8) is 0 Å². The average molecular weight is 306 g/mol. The molecule has 0 spiro atoms. The van der Waals surface area contributed by atoms with E-state index in [1.807, 2.05) is 20.8 Å². The third kappa shape index (κ3) is 3.64. The summed E-state index contributed by atoms with van der Waals surface area (Å²) in [5.74, 6) is 0.815. The number of aliphatic hydroxyl groups excluding tert-OH is 1. The fourth-order valence-electron chi connectivity index (χ4n) is 3.42. The van der Waals surface area contributed by atoms with Gasteiger partial charge in [0.1, 0.15) is 11.5 Å². The molecule has 1 rings (SSSR count). The Kier molecular flexibility index (Phi) is 5.69. The van der Waals surface area contributed by atoms with Gasteiger partial charge in [0.25, 0.3) is 0 Å².